The summed E-state index contributed by atoms with van der Waals surface area (Å²) in [6.07, 6.45) is 1.71. The fraction of sp³-hybridized carbons (Fsp3) is 0.364. The van der Waals surface area contributed by atoms with Gasteiger partial charge >= 0.3 is 5.97 Å². The minimum Gasteiger partial charge on any atom is -0.482 e. The Hall–Kier alpha value is -3.06. The smallest absolute Gasteiger partial charge is 0.343 e. The molecule has 29 heavy (non-hydrogen) atoms. The van der Waals surface area contributed by atoms with Crippen LogP contribution in [0, 0.1) is 0 Å². The number of hydrogen-bond acceptors (Lipinski definition) is 7. The van der Waals surface area contributed by atoms with Gasteiger partial charge in [-0.2, -0.15) is 0 Å². The molecular formula is C22H25N3O4. The van der Waals surface area contributed by atoms with Gasteiger partial charge in [0, 0.05) is 37.1 Å². The van der Waals surface area contributed by atoms with Gasteiger partial charge in [-0.05, 0) is 42.9 Å². The molecule has 4 rings (SSSR count). The van der Waals surface area contributed by atoms with Crippen molar-refractivity contribution in [3.8, 4) is 17.0 Å². The summed E-state index contributed by atoms with van der Waals surface area (Å²) in [4.78, 5) is 20.9. The molecule has 0 unspecified atom stereocenters. The number of likely N-dealkylation sites (N-methyl/N-ethyl adjacent to an activating group) is 1. The molecular weight excluding hydrogens is 370 g/mol. The van der Waals surface area contributed by atoms with Crippen molar-refractivity contribution in [3.05, 3.63) is 42.7 Å². The standard InChI is InChI=1S/C22H25N3O4/c1-3-24-9-11-25(12-10-24)22-21-17(8-13-28-21)14-19(23-22)16-4-6-18(7-5-16)29-15-20(26)27-2/h4-8,13-14H,3,9-12,15H2,1-2H3. The average molecular weight is 395 g/mol. The van der Waals surface area contributed by atoms with Gasteiger partial charge in [0.15, 0.2) is 18.0 Å². The normalized spacial score (nSPS) is 14.9. The zero-order valence-electron chi connectivity index (χ0n) is 16.8. The number of hydrogen-bond donors (Lipinski definition) is 0. The van der Waals surface area contributed by atoms with Gasteiger partial charge in [-0.15, -0.1) is 0 Å². The average Bonchev–Trinajstić information content (AvgIpc) is 3.26. The van der Waals surface area contributed by atoms with Gasteiger partial charge in [-0.1, -0.05) is 6.92 Å². The molecule has 0 aliphatic carbocycles. The largest absolute Gasteiger partial charge is 0.482 e. The van der Waals surface area contributed by atoms with Crippen LogP contribution in [0.4, 0.5) is 5.82 Å². The van der Waals surface area contributed by atoms with Gasteiger partial charge in [0.2, 0.25) is 0 Å². The number of rotatable bonds is 6. The molecule has 0 saturated carbocycles. The third kappa shape index (κ3) is 4.19. The van der Waals surface area contributed by atoms with E-state index in [-0.39, 0.29) is 6.61 Å². The quantitative estimate of drug-likeness (QED) is 0.594. The van der Waals surface area contributed by atoms with Crippen molar-refractivity contribution in [2.45, 2.75) is 6.92 Å². The molecule has 1 aromatic carbocycles. The van der Waals surface area contributed by atoms with Gasteiger partial charge in [0.05, 0.1) is 19.1 Å². The fourth-order valence-electron chi connectivity index (χ4n) is 3.52. The lowest BCUT2D eigenvalue weighted by Crippen LogP contribution is -2.46. The van der Waals surface area contributed by atoms with Crippen LogP contribution in [0.2, 0.25) is 0 Å². The number of esters is 1. The first kappa shape index (κ1) is 19.3. The summed E-state index contributed by atoms with van der Waals surface area (Å²) in [7, 11) is 1.34. The molecule has 152 valence electrons. The number of benzene rings is 1. The molecule has 7 nitrogen and oxygen atoms in total. The van der Waals surface area contributed by atoms with Crippen LogP contribution in [0.1, 0.15) is 6.92 Å². The van der Waals surface area contributed by atoms with Crippen LogP contribution in [0.15, 0.2) is 47.1 Å². The summed E-state index contributed by atoms with van der Waals surface area (Å²) < 4.78 is 15.8. The van der Waals surface area contributed by atoms with Crippen molar-refractivity contribution in [3.63, 3.8) is 0 Å². The second kappa shape index (κ2) is 8.53. The van der Waals surface area contributed by atoms with Crippen LogP contribution in [0.5, 0.6) is 5.75 Å². The molecule has 0 N–H and O–H groups in total. The molecule has 3 heterocycles. The van der Waals surface area contributed by atoms with Gasteiger partial charge in [-0.25, -0.2) is 9.78 Å². The molecule has 2 aromatic heterocycles. The topological polar surface area (TPSA) is 68.0 Å². The third-order valence-electron chi connectivity index (χ3n) is 5.27. The van der Waals surface area contributed by atoms with E-state index in [0.717, 1.165) is 60.8 Å². The Kier molecular flexibility index (Phi) is 5.67. The minimum atomic E-state index is -0.408. The van der Waals surface area contributed by atoms with Crippen molar-refractivity contribution in [2.24, 2.45) is 0 Å². The van der Waals surface area contributed by atoms with Crippen LogP contribution in [-0.2, 0) is 9.53 Å². The summed E-state index contributed by atoms with van der Waals surface area (Å²) in [5.74, 6) is 1.10. The highest BCUT2D eigenvalue weighted by atomic mass is 16.6. The molecule has 0 bridgehead atoms. The molecule has 3 aromatic rings. The van der Waals surface area contributed by atoms with E-state index in [1.165, 1.54) is 7.11 Å². The van der Waals surface area contributed by atoms with E-state index < -0.39 is 5.97 Å². The molecule has 0 atom stereocenters. The van der Waals surface area contributed by atoms with Crippen LogP contribution in [0.25, 0.3) is 22.2 Å². The highest BCUT2D eigenvalue weighted by molar-refractivity contribution is 5.90. The zero-order chi connectivity index (χ0) is 20.2. The first-order valence-corrected chi connectivity index (χ1v) is 9.83. The second-order valence-electron chi connectivity index (χ2n) is 6.98. The lowest BCUT2D eigenvalue weighted by molar-refractivity contribution is -0.142. The molecule has 1 saturated heterocycles. The van der Waals surface area contributed by atoms with E-state index in [0.29, 0.717) is 5.75 Å². The predicted molar refractivity (Wildman–Crippen MR) is 111 cm³/mol. The monoisotopic (exact) mass is 395 g/mol. The number of pyridine rings is 1. The lowest BCUT2D eigenvalue weighted by Gasteiger charge is -2.34. The van der Waals surface area contributed by atoms with Gasteiger partial charge in [-0.3, -0.25) is 0 Å². The number of ether oxygens (including phenoxy) is 2. The van der Waals surface area contributed by atoms with Crippen LogP contribution < -0.4 is 9.64 Å². The lowest BCUT2D eigenvalue weighted by atomic mass is 10.1. The second-order valence-corrected chi connectivity index (χ2v) is 6.98. The van der Waals surface area contributed by atoms with Crippen LogP contribution >= 0.6 is 0 Å². The van der Waals surface area contributed by atoms with Gasteiger partial charge < -0.3 is 23.7 Å². The number of piperazine rings is 1. The number of anilines is 1. The van der Waals surface area contributed by atoms with Crippen molar-refractivity contribution in [1.82, 2.24) is 9.88 Å². The Morgan fingerprint density at radius 1 is 1.14 bits per heavy atom. The Morgan fingerprint density at radius 2 is 1.90 bits per heavy atom. The van der Waals surface area contributed by atoms with Crippen molar-refractivity contribution < 1.29 is 18.7 Å². The van der Waals surface area contributed by atoms with E-state index in [4.69, 9.17) is 14.1 Å². The number of carbonyl (C=O) groups is 1. The molecule has 1 fully saturated rings. The molecule has 0 radical (unpaired) electrons. The van der Waals surface area contributed by atoms with Crippen molar-refractivity contribution in [1.29, 1.82) is 0 Å². The third-order valence-corrected chi connectivity index (χ3v) is 5.27. The van der Waals surface area contributed by atoms with Gasteiger partial charge in [0.1, 0.15) is 5.75 Å². The van der Waals surface area contributed by atoms with Gasteiger partial charge in [0.25, 0.3) is 0 Å². The van der Waals surface area contributed by atoms with Crippen LogP contribution in [-0.4, -0.2) is 62.3 Å². The fourth-order valence-corrected chi connectivity index (χ4v) is 3.52. The Morgan fingerprint density at radius 3 is 2.59 bits per heavy atom. The van der Waals surface area contributed by atoms with Crippen molar-refractivity contribution in [2.75, 3.05) is 51.3 Å². The minimum absolute atomic E-state index is 0.108. The maximum absolute atomic E-state index is 11.2. The van der Waals surface area contributed by atoms with E-state index in [1.54, 1.807) is 6.26 Å². The summed E-state index contributed by atoms with van der Waals surface area (Å²) >= 11 is 0. The molecule has 0 amide bonds. The number of furan rings is 1. The Bertz CT molecular complexity index is 975. The Labute approximate surface area is 169 Å². The molecule has 0 spiro atoms. The van der Waals surface area contributed by atoms with Crippen molar-refractivity contribution >= 4 is 22.8 Å². The number of nitrogens with zero attached hydrogens (tertiary/aromatic N) is 3. The summed E-state index contributed by atoms with van der Waals surface area (Å²) in [6.45, 7) is 7.07. The van der Waals surface area contributed by atoms with Crippen LogP contribution in [0.3, 0.4) is 0 Å². The number of methoxy groups -OCH3 is 1. The van der Waals surface area contributed by atoms with E-state index in [2.05, 4.69) is 21.5 Å². The summed E-state index contributed by atoms with van der Waals surface area (Å²) in [5, 5.41) is 1.04. The molecule has 7 heteroatoms. The van der Waals surface area contributed by atoms with E-state index in [1.807, 2.05) is 36.4 Å². The SMILES string of the molecule is CCN1CCN(c2nc(-c3ccc(OCC(=O)OC)cc3)cc3ccoc23)CC1. The highest BCUT2D eigenvalue weighted by Gasteiger charge is 2.21. The highest BCUT2D eigenvalue weighted by Crippen LogP contribution is 2.32. The number of fused-ring (bicyclic) bond motifs is 1. The van der Waals surface area contributed by atoms with E-state index in [9.17, 15) is 4.79 Å². The first-order chi connectivity index (χ1) is 14.2. The molecule has 1 aliphatic rings. The Balaban J connectivity index is 1.59. The zero-order valence-corrected chi connectivity index (χ0v) is 16.8. The maximum Gasteiger partial charge on any atom is 0.343 e. The maximum atomic E-state index is 11.2. The number of aromatic nitrogens is 1. The molecule has 1 aliphatic heterocycles. The summed E-state index contributed by atoms with van der Waals surface area (Å²) in [5.41, 5.74) is 2.69. The predicted octanol–water partition coefficient (Wildman–Crippen LogP) is 3.19. The number of carbonyl (C=O) groups excluding carboxylic acids is 1. The van der Waals surface area contributed by atoms with E-state index >= 15 is 0 Å². The summed E-state index contributed by atoms with van der Waals surface area (Å²) in [6, 6.07) is 11.6. The first-order valence-electron chi connectivity index (χ1n) is 9.83.